The van der Waals surface area contributed by atoms with Crippen LogP contribution in [0.5, 0.6) is 0 Å². The van der Waals surface area contributed by atoms with Gasteiger partial charge in [-0.2, -0.15) is 0 Å². The van der Waals surface area contributed by atoms with Crippen LogP contribution in [0, 0.1) is 11.3 Å². The van der Waals surface area contributed by atoms with Crippen molar-refractivity contribution in [2.24, 2.45) is 11.3 Å². The minimum atomic E-state index is 0.185. The highest BCUT2D eigenvalue weighted by molar-refractivity contribution is 6.42. The molecule has 1 unspecified atom stereocenters. The van der Waals surface area contributed by atoms with Crippen LogP contribution in [0.25, 0.3) is 0 Å². The van der Waals surface area contributed by atoms with E-state index in [0.29, 0.717) is 16.0 Å². The van der Waals surface area contributed by atoms with Gasteiger partial charge in [-0.15, -0.1) is 0 Å². The van der Waals surface area contributed by atoms with Crippen LogP contribution in [0.4, 0.5) is 0 Å². The van der Waals surface area contributed by atoms with Crippen molar-refractivity contribution in [2.45, 2.75) is 34.1 Å². The molecule has 0 aliphatic heterocycles. The highest BCUT2D eigenvalue weighted by Gasteiger charge is 2.29. The minimum Gasteiger partial charge on any atom is -0.316 e. The first-order valence-electron chi connectivity index (χ1n) is 6.54. The van der Waals surface area contributed by atoms with E-state index in [-0.39, 0.29) is 5.41 Å². The Morgan fingerprint density at radius 2 is 1.94 bits per heavy atom. The predicted octanol–water partition coefficient (Wildman–Crippen LogP) is 4.81. The van der Waals surface area contributed by atoms with Gasteiger partial charge in [-0.25, -0.2) is 0 Å². The normalized spacial score (nSPS) is 14.8. The second-order valence-electron chi connectivity index (χ2n) is 5.48. The Labute approximate surface area is 121 Å². The summed E-state index contributed by atoms with van der Waals surface area (Å²) in [7, 11) is 0. The van der Waals surface area contributed by atoms with Crippen LogP contribution < -0.4 is 5.32 Å². The van der Waals surface area contributed by atoms with E-state index in [1.54, 1.807) is 0 Å². The number of hydrogen-bond acceptors (Lipinski definition) is 1. The standard InChI is InChI=1S/C15H23Cl2N/c1-5-18-10-15(4,11(2)3)9-12-7-6-8-13(16)14(12)17/h6-8,11,18H,5,9-10H2,1-4H3. The van der Waals surface area contributed by atoms with E-state index >= 15 is 0 Å². The molecule has 0 heterocycles. The molecule has 1 N–H and O–H groups in total. The molecule has 0 fully saturated rings. The van der Waals surface area contributed by atoms with E-state index in [0.717, 1.165) is 25.1 Å². The summed E-state index contributed by atoms with van der Waals surface area (Å²) in [6.07, 6.45) is 0.942. The summed E-state index contributed by atoms with van der Waals surface area (Å²) >= 11 is 12.4. The molecule has 0 aliphatic rings. The van der Waals surface area contributed by atoms with E-state index in [1.165, 1.54) is 0 Å². The summed E-state index contributed by atoms with van der Waals surface area (Å²) in [5.41, 5.74) is 1.32. The van der Waals surface area contributed by atoms with Crippen molar-refractivity contribution in [3.05, 3.63) is 33.8 Å². The van der Waals surface area contributed by atoms with Gasteiger partial charge in [0.15, 0.2) is 0 Å². The Morgan fingerprint density at radius 3 is 2.50 bits per heavy atom. The Kier molecular flexibility index (Phi) is 5.97. The van der Waals surface area contributed by atoms with E-state index in [1.807, 2.05) is 12.1 Å². The SMILES string of the molecule is CCNCC(C)(Cc1cccc(Cl)c1Cl)C(C)C. The highest BCUT2D eigenvalue weighted by Crippen LogP contribution is 2.35. The third-order valence-corrected chi connectivity index (χ3v) is 4.66. The summed E-state index contributed by atoms with van der Waals surface area (Å²) in [4.78, 5) is 0. The summed E-state index contributed by atoms with van der Waals surface area (Å²) in [6.45, 7) is 10.9. The van der Waals surface area contributed by atoms with E-state index in [2.05, 4.69) is 39.1 Å². The van der Waals surface area contributed by atoms with Crippen LogP contribution in [0.3, 0.4) is 0 Å². The van der Waals surface area contributed by atoms with Gasteiger partial charge in [0, 0.05) is 6.54 Å². The Balaban J connectivity index is 2.93. The molecule has 1 nitrogen and oxygen atoms in total. The van der Waals surface area contributed by atoms with Crippen LogP contribution in [0.1, 0.15) is 33.3 Å². The van der Waals surface area contributed by atoms with Crippen molar-refractivity contribution in [3.8, 4) is 0 Å². The van der Waals surface area contributed by atoms with Crippen molar-refractivity contribution < 1.29 is 0 Å². The number of halogens is 2. The van der Waals surface area contributed by atoms with Crippen LogP contribution in [0.15, 0.2) is 18.2 Å². The molecule has 102 valence electrons. The molecule has 0 radical (unpaired) electrons. The molecule has 1 aromatic carbocycles. The Bertz CT molecular complexity index is 390. The fourth-order valence-electron chi connectivity index (χ4n) is 2.00. The number of benzene rings is 1. The molecule has 1 rings (SSSR count). The molecule has 3 heteroatoms. The molecular formula is C15H23Cl2N. The predicted molar refractivity (Wildman–Crippen MR) is 81.7 cm³/mol. The van der Waals surface area contributed by atoms with E-state index in [9.17, 15) is 0 Å². The largest absolute Gasteiger partial charge is 0.316 e. The first kappa shape index (κ1) is 15.8. The molecule has 1 aromatic rings. The fourth-order valence-corrected chi connectivity index (χ4v) is 2.39. The van der Waals surface area contributed by atoms with Gasteiger partial charge < -0.3 is 5.32 Å². The summed E-state index contributed by atoms with van der Waals surface area (Å²) in [5.74, 6) is 0.576. The topological polar surface area (TPSA) is 12.0 Å². The fraction of sp³-hybridized carbons (Fsp3) is 0.600. The molecule has 0 bridgehead atoms. The summed E-state index contributed by atoms with van der Waals surface area (Å²) < 4.78 is 0. The highest BCUT2D eigenvalue weighted by atomic mass is 35.5. The number of rotatable bonds is 6. The zero-order valence-corrected chi connectivity index (χ0v) is 13.2. The van der Waals surface area contributed by atoms with E-state index in [4.69, 9.17) is 23.2 Å². The summed E-state index contributed by atoms with van der Waals surface area (Å²) in [6, 6.07) is 5.88. The third-order valence-electron chi connectivity index (χ3n) is 3.80. The lowest BCUT2D eigenvalue weighted by Crippen LogP contribution is -2.38. The zero-order chi connectivity index (χ0) is 13.8. The average molecular weight is 288 g/mol. The van der Waals surface area contributed by atoms with Crippen molar-refractivity contribution in [1.82, 2.24) is 5.32 Å². The molecule has 18 heavy (non-hydrogen) atoms. The lowest BCUT2D eigenvalue weighted by molar-refractivity contribution is 0.209. The van der Waals surface area contributed by atoms with Gasteiger partial charge in [-0.1, -0.05) is 63.0 Å². The first-order valence-corrected chi connectivity index (χ1v) is 7.30. The summed E-state index contributed by atoms with van der Waals surface area (Å²) in [5, 5.41) is 4.79. The first-order chi connectivity index (χ1) is 8.40. The molecule has 0 aliphatic carbocycles. The maximum absolute atomic E-state index is 6.29. The van der Waals surface area contributed by atoms with Gasteiger partial charge in [-0.3, -0.25) is 0 Å². The van der Waals surface area contributed by atoms with Gasteiger partial charge in [0.1, 0.15) is 0 Å². The van der Waals surface area contributed by atoms with Crippen molar-refractivity contribution >= 4 is 23.2 Å². The lowest BCUT2D eigenvalue weighted by atomic mass is 9.74. The second-order valence-corrected chi connectivity index (χ2v) is 6.26. The molecule has 0 aromatic heterocycles. The molecule has 0 amide bonds. The molecular weight excluding hydrogens is 265 g/mol. The quantitative estimate of drug-likeness (QED) is 0.792. The average Bonchev–Trinajstić information content (AvgIpc) is 2.32. The monoisotopic (exact) mass is 287 g/mol. The number of hydrogen-bond donors (Lipinski definition) is 1. The second kappa shape index (κ2) is 6.79. The van der Waals surface area contributed by atoms with Gasteiger partial charge in [0.2, 0.25) is 0 Å². The molecule has 0 spiro atoms. The van der Waals surface area contributed by atoms with Crippen molar-refractivity contribution in [3.63, 3.8) is 0 Å². The van der Waals surface area contributed by atoms with Gasteiger partial charge >= 0.3 is 0 Å². The lowest BCUT2D eigenvalue weighted by Gasteiger charge is -2.34. The van der Waals surface area contributed by atoms with Crippen molar-refractivity contribution in [1.29, 1.82) is 0 Å². The van der Waals surface area contributed by atoms with Crippen LogP contribution in [-0.4, -0.2) is 13.1 Å². The smallest absolute Gasteiger partial charge is 0.0624 e. The third kappa shape index (κ3) is 3.88. The Hall–Kier alpha value is -0.240. The maximum atomic E-state index is 6.29. The molecule has 1 atom stereocenters. The van der Waals surface area contributed by atoms with Crippen LogP contribution in [-0.2, 0) is 6.42 Å². The van der Waals surface area contributed by atoms with Crippen LogP contribution in [0.2, 0.25) is 10.0 Å². The molecule has 0 saturated heterocycles. The van der Waals surface area contributed by atoms with Gasteiger partial charge in [-0.05, 0) is 35.9 Å². The molecule has 0 saturated carbocycles. The van der Waals surface area contributed by atoms with Gasteiger partial charge in [0.05, 0.1) is 10.0 Å². The van der Waals surface area contributed by atoms with Crippen LogP contribution >= 0.6 is 23.2 Å². The number of nitrogens with one attached hydrogen (secondary N) is 1. The minimum absolute atomic E-state index is 0.185. The Morgan fingerprint density at radius 1 is 1.28 bits per heavy atom. The maximum Gasteiger partial charge on any atom is 0.0624 e. The van der Waals surface area contributed by atoms with E-state index < -0.39 is 0 Å². The zero-order valence-electron chi connectivity index (χ0n) is 11.7. The van der Waals surface area contributed by atoms with Gasteiger partial charge in [0.25, 0.3) is 0 Å². The van der Waals surface area contributed by atoms with Crippen molar-refractivity contribution in [2.75, 3.05) is 13.1 Å².